The fraction of sp³-hybridized carbons (Fsp3) is 0.429. The fourth-order valence-electron chi connectivity index (χ4n) is 2.59. The van der Waals surface area contributed by atoms with E-state index < -0.39 is 0 Å². The molecule has 3 rings (SSSR count). The molecular formula is C14H17NO2. The van der Waals surface area contributed by atoms with Gasteiger partial charge in [0, 0.05) is 23.5 Å². The Hall–Kier alpha value is -1.48. The minimum absolute atomic E-state index is 0.293. The third-order valence-corrected chi connectivity index (χ3v) is 3.57. The molecule has 0 spiro atoms. The van der Waals surface area contributed by atoms with Crippen molar-refractivity contribution in [2.45, 2.75) is 38.3 Å². The molecule has 3 heteroatoms. The van der Waals surface area contributed by atoms with Crippen molar-refractivity contribution in [1.29, 1.82) is 0 Å². The van der Waals surface area contributed by atoms with E-state index in [1.807, 2.05) is 6.07 Å². The molecule has 0 amide bonds. The standard InChI is InChI=1S/C14H17NO2/c16-12-5-6-14-13(7-12)10(9-17-14)8-15-11-3-1-2-4-11/h5-7,9,11,15-16H,1-4,8H2. The van der Waals surface area contributed by atoms with Crippen LogP contribution in [0.15, 0.2) is 28.9 Å². The van der Waals surface area contributed by atoms with Gasteiger partial charge >= 0.3 is 0 Å². The molecule has 0 aliphatic heterocycles. The van der Waals surface area contributed by atoms with E-state index in [0.717, 1.165) is 23.1 Å². The van der Waals surface area contributed by atoms with Crippen LogP contribution in [0.3, 0.4) is 0 Å². The molecule has 2 N–H and O–H groups in total. The fourth-order valence-corrected chi connectivity index (χ4v) is 2.59. The lowest BCUT2D eigenvalue weighted by molar-refractivity contribution is 0.476. The summed E-state index contributed by atoms with van der Waals surface area (Å²) in [5, 5.41) is 14.1. The van der Waals surface area contributed by atoms with Crippen LogP contribution >= 0.6 is 0 Å². The summed E-state index contributed by atoms with van der Waals surface area (Å²) in [7, 11) is 0. The predicted molar refractivity (Wildman–Crippen MR) is 67.0 cm³/mol. The van der Waals surface area contributed by atoms with Crippen molar-refractivity contribution in [3.63, 3.8) is 0 Å². The van der Waals surface area contributed by atoms with E-state index in [9.17, 15) is 5.11 Å². The molecule has 2 aromatic rings. The Bertz CT molecular complexity index is 512. The zero-order valence-corrected chi connectivity index (χ0v) is 9.78. The Morgan fingerprint density at radius 1 is 1.29 bits per heavy atom. The molecule has 90 valence electrons. The van der Waals surface area contributed by atoms with Crippen molar-refractivity contribution in [3.05, 3.63) is 30.0 Å². The molecule has 1 aliphatic carbocycles. The molecule has 1 saturated carbocycles. The van der Waals surface area contributed by atoms with E-state index in [1.165, 1.54) is 25.7 Å². The highest BCUT2D eigenvalue weighted by Gasteiger charge is 2.15. The van der Waals surface area contributed by atoms with Crippen molar-refractivity contribution in [3.8, 4) is 5.75 Å². The average molecular weight is 231 g/mol. The number of hydrogen-bond acceptors (Lipinski definition) is 3. The highest BCUT2D eigenvalue weighted by molar-refractivity contribution is 5.82. The Morgan fingerprint density at radius 3 is 2.94 bits per heavy atom. The van der Waals surface area contributed by atoms with Crippen LogP contribution in [0.1, 0.15) is 31.2 Å². The smallest absolute Gasteiger partial charge is 0.134 e. The molecule has 17 heavy (non-hydrogen) atoms. The van der Waals surface area contributed by atoms with Gasteiger partial charge in [-0.3, -0.25) is 0 Å². The van der Waals surface area contributed by atoms with E-state index in [4.69, 9.17) is 4.42 Å². The van der Waals surface area contributed by atoms with Crippen molar-refractivity contribution in [2.24, 2.45) is 0 Å². The number of nitrogens with one attached hydrogen (secondary N) is 1. The first kappa shape index (κ1) is 10.7. The van der Waals surface area contributed by atoms with Crippen molar-refractivity contribution in [2.75, 3.05) is 0 Å². The van der Waals surface area contributed by atoms with Crippen LogP contribution in [0.5, 0.6) is 5.75 Å². The molecule has 0 bridgehead atoms. The summed E-state index contributed by atoms with van der Waals surface area (Å²) >= 11 is 0. The first-order valence-corrected chi connectivity index (χ1v) is 6.25. The minimum atomic E-state index is 0.293. The van der Waals surface area contributed by atoms with Gasteiger partial charge in [0.2, 0.25) is 0 Å². The van der Waals surface area contributed by atoms with Gasteiger partial charge in [-0.15, -0.1) is 0 Å². The number of furan rings is 1. The second-order valence-corrected chi connectivity index (χ2v) is 4.80. The molecule has 1 fully saturated rings. The lowest BCUT2D eigenvalue weighted by Crippen LogP contribution is -2.25. The van der Waals surface area contributed by atoms with Crippen molar-refractivity contribution in [1.82, 2.24) is 5.32 Å². The number of fused-ring (bicyclic) bond motifs is 1. The normalized spacial score (nSPS) is 16.9. The van der Waals surface area contributed by atoms with Crippen LogP contribution in [-0.4, -0.2) is 11.1 Å². The summed E-state index contributed by atoms with van der Waals surface area (Å²) in [5.41, 5.74) is 1.97. The topological polar surface area (TPSA) is 45.4 Å². The van der Waals surface area contributed by atoms with Gasteiger partial charge in [-0.05, 0) is 31.0 Å². The van der Waals surface area contributed by atoms with Gasteiger partial charge in [0.1, 0.15) is 11.3 Å². The summed E-state index contributed by atoms with van der Waals surface area (Å²) in [6.07, 6.45) is 7.02. The number of phenols is 1. The van der Waals surface area contributed by atoms with E-state index in [2.05, 4.69) is 5.32 Å². The summed E-state index contributed by atoms with van der Waals surface area (Å²) in [4.78, 5) is 0. The maximum atomic E-state index is 9.49. The summed E-state index contributed by atoms with van der Waals surface area (Å²) in [6.45, 7) is 0.821. The maximum absolute atomic E-state index is 9.49. The number of phenolic OH excluding ortho intramolecular Hbond substituents is 1. The largest absolute Gasteiger partial charge is 0.508 e. The van der Waals surface area contributed by atoms with Gasteiger partial charge in [0.25, 0.3) is 0 Å². The molecule has 0 unspecified atom stereocenters. The Balaban J connectivity index is 1.77. The first-order valence-electron chi connectivity index (χ1n) is 6.25. The molecule has 1 aromatic carbocycles. The van der Waals surface area contributed by atoms with E-state index in [-0.39, 0.29) is 0 Å². The number of aromatic hydroxyl groups is 1. The second-order valence-electron chi connectivity index (χ2n) is 4.80. The van der Waals surface area contributed by atoms with E-state index in [1.54, 1.807) is 18.4 Å². The second kappa shape index (κ2) is 4.41. The molecule has 0 atom stereocenters. The van der Waals surface area contributed by atoms with E-state index in [0.29, 0.717) is 11.8 Å². The zero-order valence-electron chi connectivity index (χ0n) is 9.78. The zero-order chi connectivity index (χ0) is 11.7. The van der Waals surface area contributed by atoms with Gasteiger partial charge in [-0.1, -0.05) is 12.8 Å². The van der Waals surface area contributed by atoms with Gasteiger partial charge in [-0.25, -0.2) is 0 Å². The Labute approximate surface area is 100 Å². The van der Waals surface area contributed by atoms with Gasteiger partial charge < -0.3 is 14.8 Å². The molecule has 0 saturated heterocycles. The van der Waals surface area contributed by atoms with Gasteiger partial charge in [0.05, 0.1) is 6.26 Å². The molecule has 3 nitrogen and oxygen atoms in total. The van der Waals surface area contributed by atoms with Crippen molar-refractivity contribution >= 4 is 11.0 Å². The summed E-state index contributed by atoms with van der Waals surface area (Å²) in [5.74, 6) is 0.293. The molecule has 1 heterocycles. The molecule has 1 aromatic heterocycles. The predicted octanol–water partition coefficient (Wildman–Crippen LogP) is 3.17. The monoisotopic (exact) mass is 231 g/mol. The highest BCUT2D eigenvalue weighted by atomic mass is 16.3. The minimum Gasteiger partial charge on any atom is -0.508 e. The van der Waals surface area contributed by atoms with Crippen LogP contribution in [0, 0.1) is 0 Å². The molecular weight excluding hydrogens is 214 g/mol. The number of benzene rings is 1. The van der Waals surface area contributed by atoms with Crippen molar-refractivity contribution < 1.29 is 9.52 Å². The lowest BCUT2D eigenvalue weighted by Gasteiger charge is -2.10. The summed E-state index contributed by atoms with van der Waals surface area (Å²) < 4.78 is 5.47. The third-order valence-electron chi connectivity index (χ3n) is 3.57. The van der Waals surface area contributed by atoms with E-state index >= 15 is 0 Å². The van der Waals surface area contributed by atoms with Crippen LogP contribution in [0.25, 0.3) is 11.0 Å². The maximum Gasteiger partial charge on any atom is 0.134 e. The van der Waals surface area contributed by atoms with Crippen LogP contribution in [0.4, 0.5) is 0 Å². The molecule has 0 radical (unpaired) electrons. The first-order chi connectivity index (χ1) is 8.33. The van der Waals surface area contributed by atoms with Gasteiger partial charge in [0.15, 0.2) is 0 Å². The lowest BCUT2D eigenvalue weighted by atomic mass is 10.1. The average Bonchev–Trinajstić information content (AvgIpc) is 2.94. The third kappa shape index (κ3) is 2.15. The van der Waals surface area contributed by atoms with Crippen LogP contribution in [0.2, 0.25) is 0 Å². The van der Waals surface area contributed by atoms with Gasteiger partial charge in [-0.2, -0.15) is 0 Å². The SMILES string of the molecule is Oc1ccc2occ(CNC3CCCC3)c2c1. The Morgan fingerprint density at radius 2 is 2.12 bits per heavy atom. The quantitative estimate of drug-likeness (QED) is 0.852. The number of rotatable bonds is 3. The Kier molecular flexibility index (Phi) is 2.77. The highest BCUT2D eigenvalue weighted by Crippen LogP contribution is 2.26. The van der Waals surface area contributed by atoms with Crippen LogP contribution in [-0.2, 0) is 6.54 Å². The number of hydrogen-bond donors (Lipinski definition) is 2. The molecule has 1 aliphatic rings. The summed E-state index contributed by atoms with van der Waals surface area (Å²) in [6, 6.07) is 5.88. The van der Waals surface area contributed by atoms with Crippen LogP contribution < -0.4 is 5.32 Å².